The normalized spacial score (nSPS) is 12.4. The van der Waals surface area contributed by atoms with Gasteiger partial charge in [0, 0.05) is 16.1 Å². The molecule has 0 N–H and O–H groups in total. The van der Waals surface area contributed by atoms with Gasteiger partial charge < -0.3 is 14.2 Å². The number of carbonyl (C=O) groups excluding carboxylic acids is 1. The Balaban J connectivity index is 1.76. The molecule has 0 unspecified atom stereocenters. The van der Waals surface area contributed by atoms with Crippen LogP contribution in [0, 0.1) is 5.92 Å². The average Bonchev–Trinajstić information content (AvgIpc) is 3.32. The summed E-state index contributed by atoms with van der Waals surface area (Å²) in [4.78, 5) is 17.5. The van der Waals surface area contributed by atoms with E-state index in [4.69, 9.17) is 25.8 Å². The maximum absolute atomic E-state index is 13.1. The van der Waals surface area contributed by atoms with Crippen LogP contribution in [-0.2, 0) is 0 Å². The van der Waals surface area contributed by atoms with E-state index in [2.05, 4.69) is 10.1 Å². The summed E-state index contributed by atoms with van der Waals surface area (Å²) in [5, 5.41) is 4.74. The van der Waals surface area contributed by atoms with Crippen LogP contribution in [0.15, 0.2) is 42.5 Å². The Bertz CT molecular complexity index is 1030. The molecule has 8 heteroatoms. The van der Waals surface area contributed by atoms with E-state index in [9.17, 15) is 4.79 Å². The van der Waals surface area contributed by atoms with Crippen molar-refractivity contribution in [2.45, 2.75) is 13.8 Å². The lowest BCUT2D eigenvalue weighted by Gasteiger charge is -2.06. The van der Waals surface area contributed by atoms with Gasteiger partial charge in [0.25, 0.3) is 5.91 Å². The van der Waals surface area contributed by atoms with E-state index in [1.807, 2.05) is 13.8 Å². The molecule has 1 aromatic heterocycles. The number of aromatic nitrogens is 3. The summed E-state index contributed by atoms with van der Waals surface area (Å²) < 4.78 is 17.6. The van der Waals surface area contributed by atoms with Crippen molar-refractivity contribution < 1.29 is 19.0 Å². The molecule has 2 heterocycles. The molecule has 7 nitrogen and oxygen atoms in total. The minimum absolute atomic E-state index is 0.136. The monoisotopic (exact) mass is 399 g/mol. The van der Waals surface area contributed by atoms with Crippen molar-refractivity contribution in [2.24, 2.45) is 5.92 Å². The third-order valence-electron chi connectivity index (χ3n) is 4.03. The molecule has 0 radical (unpaired) electrons. The summed E-state index contributed by atoms with van der Waals surface area (Å²) >= 11 is 6.03. The van der Waals surface area contributed by atoms with Gasteiger partial charge in [-0.1, -0.05) is 31.5 Å². The largest absolute Gasteiger partial charge is 0.462 e. The zero-order valence-electron chi connectivity index (χ0n) is 15.4. The molecule has 28 heavy (non-hydrogen) atoms. The minimum atomic E-state index is -0.359. The number of hydrogen-bond donors (Lipinski definition) is 0. The molecule has 2 aromatic carbocycles. The van der Waals surface area contributed by atoms with Crippen molar-refractivity contribution in [3.63, 3.8) is 0 Å². The molecule has 144 valence electrons. The van der Waals surface area contributed by atoms with E-state index < -0.39 is 0 Å². The van der Waals surface area contributed by atoms with Gasteiger partial charge in [0.15, 0.2) is 17.3 Å². The lowest BCUT2D eigenvalue weighted by molar-refractivity contribution is 0.0944. The number of fused-ring (bicyclic) bond motifs is 1. The lowest BCUT2D eigenvalue weighted by Crippen LogP contribution is -2.15. The van der Waals surface area contributed by atoms with Crippen LogP contribution in [0.5, 0.6) is 17.5 Å². The van der Waals surface area contributed by atoms with Crippen LogP contribution < -0.4 is 14.2 Å². The van der Waals surface area contributed by atoms with E-state index in [-0.39, 0.29) is 18.7 Å². The first-order valence-corrected chi connectivity index (χ1v) is 9.19. The predicted molar refractivity (Wildman–Crippen MR) is 103 cm³/mol. The number of nitrogens with zero attached hydrogens (tertiary/aromatic N) is 3. The fraction of sp³-hybridized carbons (Fsp3) is 0.250. The van der Waals surface area contributed by atoms with Gasteiger partial charge in [-0.3, -0.25) is 4.79 Å². The maximum atomic E-state index is 13.1. The van der Waals surface area contributed by atoms with Crippen molar-refractivity contribution in [2.75, 3.05) is 13.4 Å². The second-order valence-electron chi connectivity index (χ2n) is 6.72. The van der Waals surface area contributed by atoms with Crippen LogP contribution in [0.3, 0.4) is 0 Å². The van der Waals surface area contributed by atoms with Crippen molar-refractivity contribution in [3.8, 4) is 28.9 Å². The van der Waals surface area contributed by atoms with Crippen LogP contribution in [0.4, 0.5) is 0 Å². The number of ether oxygens (including phenoxy) is 3. The van der Waals surface area contributed by atoms with Gasteiger partial charge in [-0.2, -0.15) is 9.67 Å². The number of halogens is 1. The molecular formula is C20H18ClN3O4. The Morgan fingerprint density at radius 1 is 1.21 bits per heavy atom. The highest BCUT2D eigenvalue weighted by atomic mass is 35.5. The standard InChI is InChI=1S/C20H18ClN3O4/c1-12(2)10-26-20-22-18(13-6-7-16-17(9-13)28-11-27-16)24(23-20)19(25)14-4-3-5-15(21)8-14/h3-9,12H,10-11H2,1-2H3. The van der Waals surface area contributed by atoms with Crippen LogP contribution >= 0.6 is 11.6 Å². The summed E-state index contributed by atoms with van der Waals surface area (Å²) in [6.07, 6.45) is 0. The molecule has 0 amide bonds. The van der Waals surface area contributed by atoms with Gasteiger partial charge in [0.05, 0.1) is 6.61 Å². The van der Waals surface area contributed by atoms with Crippen LogP contribution in [0.2, 0.25) is 5.02 Å². The fourth-order valence-corrected chi connectivity index (χ4v) is 2.89. The number of hydrogen-bond acceptors (Lipinski definition) is 6. The summed E-state index contributed by atoms with van der Waals surface area (Å²) in [6, 6.07) is 12.1. The highest BCUT2D eigenvalue weighted by Crippen LogP contribution is 2.36. The smallest absolute Gasteiger partial charge is 0.336 e. The molecule has 1 aliphatic heterocycles. The zero-order valence-corrected chi connectivity index (χ0v) is 16.1. The predicted octanol–water partition coefficient (Wildman–Crippen LogP) is 4.05. The Hall–Kier alpha value is -3.06. The molecule has 0 atom stereocenters. The minimum Gasteiger partial charge on any atom is -0.462 e. The quantitative estimate of drug-likeness (QED) is 0.644. The van der Waals surface area contributed by atoms with Gasteiger partial charge >= 0.3 is 6.01 Å². The first-order valence-electron chi connectivity index (χ1n) is 8.81. The topological polar surface area (TPSA) is 75.5 Å². The summed E-state index contributed by atoms with van der Waals surface area (Å²) in [5.41, 5.74) is 1.06. The van der Waals surface area contributed by atoms with E-state index in [1.54, 1.807) is 42.5 Å². The second kappa shape index (κ2) is 7.52. The average molecular weight is 400 g/mol. The van der Waals surface area contributed by atoms with Crippen LogP contribution in [-0.4, -0.2) is 34.1 Å². The summed E-state index contributed by atoms with van der Waals surface area (Å²) in [5.74, 6) is 1.52. The van der Waals surface area contributed by atoms with E-state index in [0.717, 1.165) is 0 Å². The molecular weight excluding hydrogens is 382 g/mol. The van der Waals surface area contributed by atoms with Crippen molar-refractivity contribution in [1.82, 2.24) is 14.8 Å². The highest BCUT2D eigenvalue weighted by Gasteiger charge is 2.23. The Labute approximate surface area is 166 Å². The van der Waals surface area contributed by atoms with Gasteiger partial charge in [-0.05, 0) is 42.3 Å². The lowest BCUT2D eigenvalue weighted by atomic mass is 10.1. The molecule has 4 rings (SSSR count). The van der Waals surface area contributed by atoms with Gasteiger partial charge in [0.1, 0.15) is 0 Å². The van der Waals surface area contributed by atoms with Crippen molar-refractivity contribution in [1.29, 1.82) is 0 Å². The van der Waals surface area contributed by atoms with Gasteiger partial charge in [-0.25, -0.2) is 0 Å². The molecule has 0 bridgehead atoms. The molecule has 0 aliphatic carbocycles. The van der Waals surface area contributed by atoms with Crippen molar-refractivity contribution >= 4 is 17.5 Å². The summed E-state index contributed by atoms with van der Waals surface area (Å²) in [7, 11) is 0. The van der Waals surface area contributed by atoms with Crippen LogP contribution in [0.25, 0.3) is 11.4 Å². The van der Waals surface area contributed by atoms with E-state index in [0.29, 0.717) is 46.0 Å². The number of rotatable bonds is 5. The SMILES string of the molecule is CC(C)COc1nc(-c2ccc3c(c2)OCO3)n(C(=O)c2cccc(Cl)c2)n1. The van der Waals surface area contributed by atoms with Crippen LogP contribution in [0.1, 0.15) is 24.2 Å². The Morgan fingerprint density at radius 2 is 2.04 bits per heavy atom. The molecule has 0 saturated heterocycles. The maximum Gasteiger partial charge on any atom is 0.336 e. The van der Waals surface area contributed by atoms with Gasteiger partial charge in [0.2, 0.25) is 6.79 Å². The third kappa shape index (κ3) is 3.66. The molecule has 0 fully saturated rings. The van der Waals surface area contributed by atoms with Crippen molar-refractivity contribution in [3.05, 3.63) is 53.1 Å². The molecule has 3 aromatic rings. The summed E-state index contributed by atoms with van der Waals surface area (Å²) in [6.45, 7) is 4.64. The molecule has 1 aliphatic rings. The highest BCUT2D eigenvalue weighted by molar-refractivity contribution is 6.31. The fourth-order valence-electron chi connectivity index (χ4n) is 2.70. The van der Waals surface area contributed by atoms with Gasteiger partial charge in [-0.15, -0.1) is 5.10 Å². The number of benzene rings is 2. The second-order valence-corrected chi connectivity index (χ2v) is 7.15. The molecule has 0 saturated carbocycles. The Morgan fingerprint density at radius 3 is 2.82 bits per heavy atom. The third-order valence-corrected chi connectivity index (χ3v) is 4.26. The van der Waals surface area contributed by atoms with E-state index >= 15 is 0 Å². The first-order chi connectivity index (χ1) is 13.5. The number of carbonyl (C=O) groups is 1. The first kappa shape index (κ1) is 18.3. The van der Waals surface area contributed by atoms with E-state index in [1.165, 1.54) is 4.68 Å². The molecule has 0 spiro atoms. The zero-order chi connectivity index (χ0) is 19.7. The Kier molecular flexibility index (Phi) is 4.92.